The number of carboxylic acids is 1. The minimum absolute atomic E-state index is 0.0235. The molecule has 3 rings (SSSR count). The average Bonchev–Trinajstić information content (AvgIpc) is 3.10. The number of carbonyl (C=O) groups excluding carboxylic acids is 1. The zero-order valence-corrected chi connectivity index (χ0v) is 19.6. The van der Waals surface area contributed by atoms with Crippen molar-refractivity contribution >= 4 is 29.2 Å². The summed E-state index contributed by atoms with van der Waals surface area (Å²) in [7, 11) is 0. The number of halogens is 5. The number of rotatable bonds is 8. The summed E-state index contributed by atoms with van der Waals surface area (Å²) in [5.41, 5.74) is 0.813. The maximum absolute atomic E-state index is 14.9. The van der Waals surface area contributed by atoms with Crippen molar-refractivity contribution in [2.75, 3.05) is 5.32 Å². The smallest absolute Gasteiger partial charge is 0.417 e. The predicted molar refractivity (Wildman–Crippen MR) is 122 cm³/mol. The first-order valence-corrected chi connectivity index (χ1v) is 11.1. The molecule has 6 nitrogen and oxygen atoms in total. The number of aromatic nitrogens is 2. The Labute approximate surface area is 203 Å². The van der Waals surface area contributed by atoms with Crippen LogP contribution in [0.2, 0.25) is 5.02 Å². The number of carbonyl (C=O) groups is 2. The van der Waals surface area contributed by atoms with Gasteiger partial charge in [-0.05, 0) is 43.2 Å². The van der Waals surface area contributed by atoms with Gasteiger partial charge in [0.1, 0.15) is 5.82 Å². The summed E-state index contributed by atoms with van der Waals surface area (Å²) in [6.07, 6.45) is -3.87. The number of alkyl halides is 3. The molecule has 0 spiro atoms. The van der Waals surface area contributed by atoms with Crippen LogP contribution in [0.25, 0.3) is 0 Å². The third-order valence-corrected chi connectivity index (χ3v) is 5.74. The molecule has 35 heavy (non-hydrogen) atoms. The second-order valence-corrected chi connectivity index (χ2v) is 8.17. The minimum atomic E-state index is -4.70. The van der Waals surface area contributed by atoms with Gasteiger partial charge in [-0.15, -0.1) is 0 Å². The van der Waals surface area contributed by atoms with Gasteiger partial charge in [0.05, 0.1) is 29.2 Å². The standard InChI is InChI=1S/C24H22ClF4N3O3/c1-3-20-16(11-22(33)34)21(4-2)32(31-20)12-14-6-5-13(9-19(14)26)23(35)30-15-7-8-18(25)17(10-15)24(27,28)29/h5-10H,3-4,11-12H2,1-2H3,(H,30,35)(H,33,34). The number of aliphatic carboxylic acids is 1. The molecular formula is C24H22ClF4N3O3. The van der Waals surface area contributed by atoms with Crippen LogP contribution in [0.5, 0.6) is 0 Å². The van der Waals surface area contributed by atoms with Crippen LogP contribution in [0, 0.1) is 5.82 Å². The van der Waals surface area contributed by atoms with Gasteiger partial charge in [0, 0.05) is 28.1 Å². The fraction of sp³-hybridized carbons (Fsp3) is 0.292. The van der Waals surface area contributed by atoms with E-state index in [1.54, 1.807) is 4.68 Å². The van der Waals surface area contributed by atoms with E-state index in [-0.39, 0.29) is 29.8 Å². The van der Waals surface area contributed by atoms with Gasteiger partial charge in [-0.1, -0.05) is 31.5 Å². The Morgan fingerprint density at radius 2 is 1.83 bits per heavy atom. The van der Waals surface area contributed by atoms with Gasteiger partial charge >= 0.3 is 12.1 Å². The van der Waals surface area contributed by atoms with Crippen LogP contribution in [0.4, 0.5) is 23.2 Å². The molecule has 11 heteroatoms. The summed E-state index contributed by atoms with van der Waals surface area (Å²) in [6.45, 7) is 3.72. The van der Waals surface area contributed by atoms with Crippen molar-refractivity contribution in [1.29, 1.82) is 0 Å². The molecule has 0 unspecified atom stereocenters. The largest absolute Gasteiger partial charge is 0.481 e. The lowest BCUT2D eigenvalue weighted by molar-refractivity contribution is -0.137. The summed E-state index contributed by atoms with van der Waals surface area (Å²) in [5.74, 6) is -2.49. The maximum atomic E-state index is 14.9. The molecule has 0 radical (unpaired) electrons. The number of benzene rings is 2. The summed E-state index contributed by atoms with van der Waals surface area (Å²) in [5, 5.41) is 15.5. The number of aryl methyl sites for hydroxylation is 1. The van der Waals surface area contributed by atoms with Crippen LogP contribution in [0.15, 0.2) is 36.4 Å². The van der Waals surface area contributed by atoms with Gasteiger partial charge in [-0.25, -0.2) is 4.39 Å². The number of nitrogens with one attached hydrogen (secondary N) is 1. The monoisotopic (exact) mass is 511 g/mol. The van der Waals surface area contributed by atoms with Crippen molar-refractivity contribution in [1.82, 2.24) is 9.78 Å². The number of hydrogen-bond donors (Lipinski definition) is 2. The lowest BCUT2D eigenvalue weighted by Crippen LogP contribution is -2.15. The van der Waals surface area contributed by atoms with Crippen LogP contribution in [0.3, 0.4) is 0 Å². The Morgan fingerprint density at radius 3 is 2.40 bits per heavy atom. The maximum Gasteiger partial charge on any atom is 0.417 e. The third-order valence-electron chi connectivity index (χ3n) is 5.41. The molecule has 0 aliphatic heterocycles. The molecule has 2 N–H and O–H groups in total. The van der Waals surface area contributed by atoms with E-state index < -0.39 is 34.5 Å². The van der Waals surface area contributed by atoms with Crippen molar-refractivity contribution < 1.29 is 32.3 Å². The van der Waals surface area contributed by atoms with E-state index in [1.165, 1.54) is 18.2 Å². The molecule has 0 bridgehead atoms. The molecule has 0 aliphatic carbocycles. The third kappa shape index (κ3) is 6.00. The Bertz CT molecular complexity index is 1270. The molecule has 3 aromatic rings. The van der Waals surface area contributed by atoms with Gasteiger partial charge in [0.15, 0.2) is 0 Å². The molecule has 0 saturated heterocycles. The molecule has 0 aliphatic rings. The molecule has 0 atom stereocenters. The van der Waals surface area contributed by atoms with Gasteiger partial charge in [-0.3, -0.25) is 14.3 Å². The Hall–Kier alpha value is -3.40. The average molecular weight is 512 g/mol. The van der Waals surface area contributed by atoms with Crippen molar-refractivity contribution in [2.45, 2.75) is 45.8 Å². The highest BCUT2D eigenvalue weighted by Crippen LogP contribution is 2.36. The summed E-state index contributed by atoms with van der Waals surface area (Å²) in [6, 6.07) is 6.65. The van der Waals surface area contributed by atoms with E-state index in [2.05, 4.69) is 10.4 Å². The Balaban J connectivity index is 1.83. The highest BCUT2D eigenvalue weighted by atomic mass is 35.5. The van der Waals surface area contributed by atoms with Crippen LogP contribution in [-0.2, 0) is 36.8 Å². The molecule has 186 valence electrons. The second kappa shape index (κ2) is 10.5. The second-order valence-electron chi connectivity index (χ2n) is 7.76. The van der Waals surface area contributed by atoms with Gasteiger partial charge in [0.25, 0.3) is 5.91 Å². The van der Waals surface area contributed by atoms with Gasteiger partial charge < -0.3 is 10.4 Å². The number of amides is 1. The first-order valence-electron chi connectivity index (χ1n) is 10.7. The lowest BCUT2D eigenvalue weighted by Gasteiger charge is -2.12. The zero-order valence-electron chi connectivity index (χ0n) is 18.8. The SMILES string of the molecule is CCc1nn(Cc2ccc(C(=O)Nc3ccc(Cl)c(C(F)(F)F)c3)cc2F)c(CC)c1CC(=O)O. The topological polar surface area (TPSA) is 84.2 Å². The fourth-order valence-corrected chi connectivity index (χ4v) is 3.98. The molecule has 2 aromatic carbocycles. The van der Waals surface area contributed by atoms with Crippen LogP contribution in [0.1, 0.15) is 52.3 Å². The number of anilines is 1. The molecule has 0 saturated carbocycles. The van der Waals surface area contributed by atoms with Crippen LogP contribution in [-0.4, -0.2) is 26.8 Å². The van der Waals surface area contributed by atoms with Crippen molar-refractivity contribution in [3.05, 3.63) is 80.9 Å². The van der Waals surface area contributed by atoms with Crippen molar-refractivity contribution in [3.63, 3.8) is 0 Å². The van der Waals surface area contributed by atoms with E-state index in [0.717, 1.165) is 12.1 Å². The lowest BCUT2D eigenvalue weighted by atomic mass is 10.1. The molecular weight excluding hydrogens is 490 g/mol. The van der Waals surface area contributed by atoms with Crippen LogP contribution >= 0.6 is 11.6 Å². The summed E-state index contributed by atoms with van der Waals surface area (Å²) >= 11 is 5.59. The molecule has 1 heterocycles. The minimum Gasteiger partial charge on any atom is -0.481 e. The molecule has 1 aromatic heterocycles. The van der Waals surface area contributed by atoms with Gasteiger partial charge in [-0.2, -0.15) is 18.3 Å². The van der Waals surface area contributed by atoms with E-state index in [9.17, 15) is 32.3 Å². The number of nitrogens with zero attached hydrogens (tertiary/aromatic N) is 2. The quantitative estimate of drug-likeness (QED) is 0.377. The van der Waals surface area contributed by atoms with Crippen molar-refractivity contribution in [3.8, 4) is 0 Å². The summed E-state index contributed by atoms with van der Waals surface area (Å²) in [4.78, 5) is 23.8. The first-order chi connectivity index (χ1) is 16.4. The summed E-state index contributed by atoms with van der Waals surface area (Å²) < 4.78 is 55.6. The first kappa shape index (κ1) is 26.2. The van der Waals surface area contributed by atoms with E-state index in [1.807, 2.05) is 13.8 Å². The molecule has 1 amide bonds. The van der Waals surface area contributed by atoms with Crippen LogP contribution < -0.4 is 5.32 Å². The van der Waals surface area contributed by atoms with Gasteiger partial charge in [0.2, 0.25) is 0 Å². The van der Waals surface area contributed by atoms with Crippen molar-refractivity contribution in [2.24, 2.45) is 0 Å². The number of carboxylic acid groups (broad SMARTS) is 1. The van der Waals surface area contributed by atoms with E-state index in [0.29, 0.717) is 35.9 Å². The van der Waals surface area contributed by atoms with E-state index >= 15 is 0 Å². The fourth-order valence-electron chi connectivity index (χ4n) is 3.76. The highest BCUT2D eigenvalue weighted by Gasteiger charge is 2.33. The highest BCUT2D eigenvalue weighted by molar-refractivity contribution is 6.31. The van der Waals surface area contributed by atoms with E-state index in [4.69, 9.17) is 11.6 Å². The predicted octanol–water partition coefficient (Wildman–Crippen LogP) is 5.75. The number of hydrogen-bond acceptors (Lipinski definition) is 3. The Morgan fingerprint density at radius 1 is 1.11 bits per heavy atom. The zero-order chi connectivity index (χ0) is 25.9. The normalized spacial score (nSPS) is 11.5. The Kier molecular flexibility index (Phi) is 7.84. The molecule has 0 fully saturated rings.